The van der Waals surface area contributed by atoms with Crippen LogP contribution in [0.4, 0.5) is 5.69 Å². The molecule has 8 heteroatoms. The minimum absolute atomic E-state index is 0.00416. The molecule has 0 saturated carbocycles. The number of amides is 3. The zero-order valence-electron chi connectivity index (χ0n) is 18.7. The van der Waals surface area contributed by atoms with Crippen LogP contribution >= 0.6 is 11.6 Å². The average molecular weight is 480 g/mol. The molecule has 34 heavy (non-hydrogen) atoms. The van der Waals surface area contributed by atoms with E-state index in [0.29, 0.717) is 28.6 Å². The lowest BCUT2D eigenvalue weighted by atomic mass is 10.0. The molecule has 7 nitrogen and oxygen atoms in total. The molecule has 0 bridgehead atoms. The van der Waals surface area contributed by atoms with Crippen LogP contribution in [0.1, 0.15) is 35.3 Å². The Morgan fingerprint density at radius 2 is 1.65 bits per heavy atom. The fourth-order valence-electron chi connectivity index (χ4n) is 3.28. The third-order valence-electron chi connectivity index (χ3n) is 4.88. The van der Waals surface area contributed by atoms with Gasteiger partial charge in [-0.1, -0.05) is 60.1 Å². The summed E-state index contributed by atoms with van der Waals surface area (Å²) in [5.41, 5.74) is 1.64. The van der Waals surface area contributed by atoms with Gasteiger partial charge in [-0.3, -0.25) is 14.4 Å². The number of likely N-dealkylation sites (N-methyl/N-ethyl adjacent to an activating group) is 1. The van der Waals surface area contributed by atoms with Crippen LogP contribution in [0, 0.1) is 0 Å². The molecule has 1 atom stereocenters. The molecule has 0 aromatic heterocycles. The Morgan fingerprint density at radius 3 is 2.38 bits per heavy atom. The summed E-state index contributed by atoms with van der Waals surface area (Å²) in [6, 6.07) is 22.2. The van der Waals surface area contributed by atoms with Crippen molar-refractivity contribution in [3.8, 4) is 5.75 Å². The normalized spacial score (nSPS) is 11.2. The van der Waals surface area contributed by atoms with E-state index in [1.807, 2.05) is 37.3 Å². The topological polar surface area (TPSA) is 96.5 Å². The second-order valence-corrected chi connectivity index (χ2v) is 7.85. The van der Waals surface area contributed by atoms with Gasteiger partial charge in [-0.2, -0.15) is 0 Å². The molecule has 3 N–H and O–H groups in total. The van der Waals surface area contributed by atoms with E-state index in [1.165, 1.54) is 0 Å². The first kappa shape index (κ1) is 24.8. The van der Waals surface area contributed by atoms with Crippen LogP contribution in [0.3, 0.4) is 0 Å². The highest BCUT2D eigenvalue weighted by Gasteiger charge is 2.20. The smallest absolute Gasteiger partial charge is 0.257 e. The highest BCUT2D eigenvalue weighted by atomic mass is 35.5. The van der Waals surface area contributed by atoms with Crippen molar-refractivity contribution in [1.29, 1.82) is 0 Å². The van der Waals surface area contributed by atoms with E-state index >= 15 is 0 Å². The third kappa shape index (κ3) is 7.35. The van der Waals surface area contributed by atoms with Gasteiger partial charge in [-0.15, -0.1) is 0 Å². The molecule has 176 valence electrons. The van der Waals surface area contributed by atoms with Gasteiger partial charge >= 0.3 is 0 Å². The van der Waals surface area contributed by atoms with Crippen LogP contribution in [0.5, 0.6) is 5.75 Å². The van der Waals surface area contributed by atoms with Crippen molar-refractivity contribution >= 4 is 35.0 Å². The molecule has 0 aliphatic heterocycles. The lowest BCUT2D eigenvalue weighted by Crippen LogP contribution is -2.31. The van der Waals surface area contributed by atoms with E-state index in [4.69, 9.17) is 16.3 Å². The van der Waals surface area contributed by atoms with E-state index in [2.05, 4.69) is 16.0 Å². The lowest BCUT2D eigenvalue weighted by molar-refractivity contribution is -0.123. The number of rotatable bonds is 10. The SMILES string of the molecule is CCNC(=O)COc1cccc(NC(=O)CC(NC(=O)c2ccccc2Cl)c2ccccc2)c1. The maximum atomic E-state index is 12.9. The largest absolute Gasteiger partial charge is 0.484 e. The highest BCUT2D eigenvalue weighted by Crippen LogP contribution is 2.22. The third-order valence-corrected chi connectivity index (χ3v) is 5.21. The maximum Gasteiger partial charge on any atom is 0.257 e. The molecule has 1 unspecified atom stereocenters. The van der Waals surface area contributed by atoms with Crippen molar-refractivity contribution < 1.29 is 19.1 Å². The first-order valence-corrected chi connectivity index (χ1v) is 11.2. The molecule has 0 radical (unpaired) electrons. The van der Waals surface area contributed by atoms with Crippen LogP contribution in [0.15, 0.2) is 78.9 Å². The van der Waals surface area contributed by atoms with E-state index in [9.17, 15) is 14.4 Å². The summed E-state index contributed by atoms with van der Waals surface area (Å²) < 4.78 is 5.47. The minimum atomic E-state index is -0.567. The van der Waals surface area contributed by atoms with Crippen molar-refractivity contribution in [2.75, 3.05) is 18.5 Å². The number of ether oxygens (including phenoxy) is 1. The molecule has 0 fully saturated rings. The number of hydrogen-bond acceptors (Lipinski definition) is 4. The number of carbonyl (C=O) groups excluding carboxylic acids is 3. The van der Waals surface area contributed by atoms with E-state index in [0.717, 1.165) is 5.56 Å². The zero-order chi connectivity index (χ0) is 24.3. The van der Waals surface area contributed by atoms with Crippen molar-refractivity contribution in [3.05, 3.63) is 95.0 Å². The first-order valence-electron chi connectivity index (χ1n) is 10.9. The summed E-state index contributed by atoms with van der Waals surface area (Å²) in [6.07, 6.45) is 0.00416. The summed E-state index contributed by atoms with van der Waals surface area (Å²) >= 11 is 6.16. The quantitative estimate of drug-likeness (QED) is 0.402. The van der Waals surface area contributed by atoms with Gasteiger partial charge < -0.3 is 20.7 Å². The van der Waals surface area contributed by atoms with E-state index in [1.54, 1.807) is 48.5 Å². The van der Waals surface area contributed by atoms with Crippen LogP contribution in [-0.2, 0) is 9.59 Å². The predicted octanol–water partition coefficient (Wildman–Crippen LogP) is 4.35. The van der Waals surface area contributed by atoms with Crippen molar-refractivity contribution in [2.24, 2.45) is 0 Å². The second-order valence-electron chi connectivity index (χ2n) is 7.44. The van der Waals surface area contributed by atoms with Crippen LogP contribution in [0.2, 0.25) is 5.02 Å². The van der Waals surface area contributed by atoms with Gasteiger partial charge in [0.05, 0.1) is 23.0 Å². The monoisotopic (exact) mass is 479 g/mol. The summed E-state index contributed by atoms with van der Waals surface area (Å²) in [4.78, 5) is 37.3. The number of nitrogens with one attached hydrogen (secondary N) is 3. The second kappa shape index (κ2) is 12.4. The molecule has 3 aromatic carbocycles. The molecule has 3 aromatic rings. The van der Waals surface area contributed by atoms with Crippen LogP contribution in [0.25, 0.3) is 0 Å². The predicted molar refractivity (Wildman–Crippen MR) is 132 cm³/mol. The maximum absolute atomic E-state index is 12.9. The molecule has 3 rings (SSSR count). The first-order chi connectivity index (χ1) is 16.5. The number of anilines is 1. The highest BCUT2D eigenvalue weighted by molar-refractivity contribution is 6.33. The van der Waals surface area contributed by atoms with Gasteiger partial charge in [-0.05, 0) is 36.8 Å². The van der Waals surface area contributed by atoms with Crippen LogP contribution < -0.4 is 20.7 Å². The van der Waals surface area contributed by atoms with Gasteiger partial charge in [0, 0.05) is 18.3 Å². The summed E-state index contributed by atoms with van der Waals surface area (Å²) in [5.74, 6) is -0.435. The molecule has 0 saturated heterocycles. The van der Waals surface area contributed by atoms with E-state index < -0.39 is 6.04 Å². The molecule has 0 heterocycles. The molecular weight excluding hydrogens is 454 g/mol. The Hall–Kier alpha value is -3.84. The van der Waals surface area contributed by atoms with Gasteiger partial charge in [0.2, 0.25) is 5.91 Å². The number of benzene rings is 3. The van der Waals surface area contributed by atoms with Crippen LogP contribution in [-0.4, -0.2) is 30.9 Å². The summed E-state index contributed by atoms with van der Waals surface area (Å²) in [7, 11) is 0. The Balaban J connectivity index is 1.68. The number of halogens is 1. The molecule has 0 aliphatic rings. The van der Waals surface area contributed by atoms with E-state index in [-0.39, 0.29) is 30.7 Å². The lowest BCUT2D eigenvalue weighted by Gasteiger charge is -2.19. The molecule has 3 amide bonds. The van der Waals surface area contributed by atoms with Crippen molar-refractivity contribution in [2.45, 2.75) is 19.4 Å². The summed E-state index contributed by atoms with van der Waals surface area (Å²) in [5, 5.41) is 8.72. The zero-order valence-corrected chi connectivity index (χ0v) is 19.5. The van der Waals surface area contributed by atoms with Crippen molar-refractivity contribution in [3.63, 3.8) is 0 Å². The Labute approximate surface area is 203 Å². The minimum Gasteiger partial charge on any atom is -0.484 e. The summed E-state index contributed by atoms with van der Waals surface area (Å²) in [6.45, 7) is 2.23. The van der Waals surface area contributed by atoms with Gasteiger partial charge in [0.25, 0.3) is 11.8 Å². The Kier molecular flexibility index (Phi) is 9.05. The number of carbonyl (C=O) groups is 3. The standard InChI is InChI=1S/C26H26ClN3O4/c1-2-28-25(32)17-34-20-12-8-11-19(15-20)29-24(31)16-23(18-9-4-3-5-10-18)30-26(33)21-13-6-7-14-22(21)27/h3-15,23H,2,16-17H2,1H3,(H,28,32)(H,29,31)(H,30,33). The fraction of sp³-hybridized carbons (Fsp3) is 0.192. The average Bonchev–Trinajstić information content (AvgIpc) is 2.83. The number of hydrogen-bond donors (Lipinski definition) is 3. The van der Waals surface area contributed by atoms with Crippen molar-refractivity contribution in [1.82, 2.24) is 10.6 Å². The Morgan fingerprint density at radius 1 is 0.912 bits per heavy atom. The van der Waals surface area contributed by atoms with Gasteiger partial charge in [0.15, 0.2) is 6.61 Å². The van der Waals surface area contributed by atoms with Gasteiger partial charge in [0.1, 0.15) is 5.75 Å². The Bertz CT molecular complexity index is 1140. The molecule has 0 aliphatic carbocycles. The van der Waals surface area contributed by atoms with Gasteiger partial charge in [-0.25, -0.2) is 0 Å². The molecule has 0 spiro atoms. The fourth-order valence-corrected chi connectivity index (χ4v) is 3.50. The molecular formula is C26H26ClN3O4.